The molecule has 0 radical (unpaired) electrons. The van der Waals surface area contributed by atoms with Gasteiger partial charge in [-0.05, 0) is 0 Å². The standard InChI is InChI=1S/C12H25I2N2O3/c1-4-8-16(12(19)14(2,3)13)9-6-5-7-10(15)11(17)18/h10H,4-9,15H2,1-3H3,(H,17,18)/q-1. The second-order valence-corrected chi connectivity index (χ2v) is 25.7. The molecule has 5 nitrogen and oxygen atoms in total. The van der Waals surface area contributed by atoms with E-state index in [4.69, 9.17) is 10.8 Å². The summed E-state index contributed by atoms with van der Waals surface area (Å²) >= 11 is 0.0848. The maximum absolute atomic E-state index is 12.3. The maximum atomic E-state index is 12.3. The Morgan fingerprint density at radius 3 is 2.32 bits per heavy atom. The van der Waals surface area contributed by atoms with Crippen molar-refractivity contribution in [3.63, 3.8) is 0 Å². The monoisotopic (exact) mass is 499 g/mol. The number of carbonyl (C=O) groups is 2. The Morgan fingerprint density at radius 2 is 1.89 bits per heavy atom. The van der Waals surface area contributed by atoms with Crippen LogP contribution in [0, 0.1) is 0 Å². The summed E-state index contributed by atoms with van der Waals surface area (Å²) in [5.41, 5.74) is 5.45. The summed E-state index contributed by atoms with van der Waals surface area (Å²) in [7, 11) is 0. The van der Waals surface area contributed by atoms with Gasteiger partial charge in [0.25, 0.3) is 0 Å². The van der Waals surface area contributed by atoms with Gasteiger partial charge in [-0.3, -0.25) is 0 Å². The molecule has 0 aliphatic rings. The number of alkyl halides is 2. The number of nitrogens with zero attached hydrogens (tertiary/aromatic N) is 1. The van der Waals surface area contributed by atoms with Crippen LogP contribution in [0.15, 0.2) is 0 Å². The average molecular weight is 499 g/mol. The molecule has 0 saturated carbocycles. The van der Waals surface area contributed by atoms with Crippen molar-refractivity contribution >= 4 is 28.5 Å². The van der Waals surface area contributed by atoms with Crippen LogP contribution in [-0.2, 0) is 4.79 Å². The van der Waals surface area contributed by atoms with E-state index in [0.717, 1.165) is 32.4 Å². The molecule has 1 unspecified atom stereocenters. The molecule has 0 rings (SSSR count). The molecule has 0 aromatic rings. The molecule has 0 aromatic carbocycles. The molecule has 0 spiro atoms. The first-order chi connectivity index (χ1) is 8.70. The molecule has 0 saturated heterocycles. The summed E-state index contributed by atoms with van der Waals surface area (Å²) in [6, 6.07) is -0.784. The molecule has 19 heavy (non-hydrogen) atoms. The van der Waals surface area contributed by atoms with Crippen LogP contribution >= 0.6 is 18.6 Å². The SMILES string of the molecule is CCCN(CCCCC(N)C(=O)O)C(=O)[I-](C)(C)I. The van der Waals surface area contributed by atoms with Gasteiger partial charge in [0, 0.05) is 0 Å². The molecule has 0 aliphatic carbocycles. The zero-order valence-corrected chi connectivity index (χ0v) is 16.2. The number of hydrogen-bond acceptors (Lipinski definition) is 3. The molecule has 0 aromatic heterocycles. The fourth-order valence-corrected chi connectivity index (χ4v) is 5.47. The quantitative estimate of drug-likeness (QED) is 0.143. The molecule has 0 heterocycles. The Bertz CT molecular complexity index is 306. The van der Waals surface area contributed by atoms with Crippen molar-refractivity contribution < 1.29 is 29.2 Å². The Labute approximate surface area is 129 Å². The van der Waals surface area contributed by atoms with E-state index in [-0.39, 0.29) is 0 Å². The van der Waals surface area contributed by atoms with E-state index in [1.54, 1.807) is 0 Å². The van der Waals surface area contributed by atoms with E-state index in [1.165, 1.54) is 0 Å². The molecule has 3 N–H and O–H groups in total. The van der Waals surface area contributed by atoms with Crippen molar-refractivity contribution in [3.05, 3.63) is 0 Å². The molecule has 1 atom stereocenters. The summed E-state index contributed by atoms with van der Waals surface area (Å²) in [6.45, 7) is 3.57. The van der Waals surface area contributed by atoms with Crippen LogP contribution in [0.25, 0.3) is 0 Å². The summed E-state index contributed by atoms with van der Waals surface area (Å²) in [6.07, 6.45) is 2.99. The van der Waals surface area contributed by atoms with Gasteiger partial charge in [-0.15, -0.1) is 0 Å². The number of aliphatic carboxylic acids is 1. The van der Waals surface area contributed by atoms with Gasteiger partial charge in [-0.25, -0.2) is 0 Å². The fourth-order valence-electron chi connectivity index (χ4n) is 1.63. The third-order valence-corrected chi connectivity index (χ3v) is 7.85. The van der Waals surface area contributed by atoms with Crippen molar-refractivity contribution in [2.75, 3.05) is 23.0 Å². The van der Waals surface area contributed by atoms with Crippen LogP contribution in [0.3, 0.4) is 0 Å². The third kappa shape index (κ3) is 8.28. The van der Waals surface area contributed by atoms with E-state index in [1.807, 2.05) is 4.90 Å². The number of amides is 1. The molecular weight excluding hydrogens is 474 g/mol. The predicted octanol–water partition coefficient (Wildman–Crippen LogP) is -0.829. The van der Waals surface area contributed by atoms with Crippen LogP contribution in [0.2, 0.25) is 0 Å². The first-order valence-electron chi connectivity index (χ1n) is 6.31. The van der Waals surface area contributed by atoms with Gasteiger partial charge in [0.1, 0.15) is 0 Å². The predicted molar refractivity (Wildman–Crippen MR) is 82.6 cm³/mol. The zero-order chi connectivity index (χ0) is 15.1. The van der Waals surface area contributed by atoms with E-state index in [2.05, 4.69) is 35.4 Å². The second-order valence-electron chi connectivity index (χ2n) is 4.79. The Morgan fingerprint density at radius 1 is 1.32 bits per heavy atom. The van der Waals surface area contributed by atoms with Crippen LogP contribution < -0.4 is 20.2 Å². The van der Waals surface area contributed by atoms with Crippen molar-refractivity contribution in [1.29, 1.82) is 0 Å². The Kier molecular flexibility index (Phi) is 9.50. The summed E-state index contributed by atoms with van der Waals surface area (Å²) in [5, 5.41) is 8.69. The number of halogens is 2. The number of nitrogens with two attached hydrogens (primary N) is 1. The van der Waals surface area contributed by atoms with Crippen LogP contribution in [0.5, 0.6) is 0 Å². The summed E-state index contributed by atoms with van der Waals surface area (Å²) in [5.74, 6) is -0.954. The van der Waals surface area contributed by atoms with Crippen LogP contribution in [0.4, 0.5) is 4.79 Å². The van der Waals surface area contributed by atoms with Crippen molar-refractivity contribution in [2.24, 2.45) is 5.73 Å². The minimum atomic E-state index is -2.24. The summed E-state index contributed by atoms with van der Waals surface area (Å²) < 4.78 is 0.317. The number of carbonyl (C=O) groups excluding carboxylic acids is 1. The number of carboxylic acids is 1. The fraction of sp³-hybridized carbons (Fsp3) is 0.833. The van der Waals surface area contributed by atoms with Gasteiger partial charge in [-0.1, -0.05) is 0 Å². The number of carboxylic acid groups (broad SMARTS) is 1. The van der Waals surface area contributed by atoms with E-state index in [0.29, 0.717) is 10.3 Å². The first kappa shape index (κ1) is 19.4. The van der Waals surface area contributed by atoms with Crippen molar-refractivity contribution in [1.82, 2.24) is 4.90 Å². The molecule has 116 valence electrons. The Balaban J connectivity index is 4.16. The van der Waals surface area contributed by atoms with Crippen molar-refractivity contribution in [3.8, 4) is 0 Å². The zero-order valence-electron chi connectivity index (χ0n) is 11.9. The normalized spacial score (nSPS) is 13.9. The Hall–Kier alpha value is 0.360. The van der Waals surface area contributed by atoms with Crippen LogP contribution in [-0.4, -0.2) is 48.9 Å². The molecule has 0 fully saturated rings. The second kappa shape index (κ2) is 9.32. The molecule has 0 bridgehead atoms. The number of rotatable bonds is 9. The third-order valence-electron chi connectivity index (χ3n) is 2.64. The summed E-state index contributed by atoms with van der Waals surface area (Å²) in [4.78, 5) is 29.0. The number of unbranched alkanes of at least 4 members (excludes halogenated alkanes) is 1. The molecule has 7 heteroatoms. The number of hydrogen-bond donors (Lipinski definition) is 2. The van der Waals surface area contributed by atoms with Gasteiger partial charge < -0.3 is 0 Å². The molecular formula is C12H25I2N2O3-. The molecule has 1 amide bonds. The van der Waals surface area contributed by atoms with Crippen molar-refractivity contribution in [2.45, 2.75) is 38.6 Å². The average Bonchev–Trinajstić information content (AvgIpc) is 2.30. The van der Waals surface area contributed by atoms with Gasteiger partial charge in [0.2, 0.25) is 0 Å². The van der Waals surface area contributed by atoms with Gasteiger partial charge in [0.15, 0.2) is 0 Å². The van der Waals surface area contributed by atoms with E-state index in [9.17, 15) is 9.59 Å². The first-order valence-corrected chi connectivity index (χ1v) is 18.0. The van der Waals surface area contributed by atoms with Gasteiger partial charge in [0.05, 0.1) is 0 Å². The van der Waals surface area contributed by atoms with E-state index >= 15 is 0 Å². The topological polar surface area (TPSA) is 83.6 Å². The van der Waals surface area contributed by atoms with Gasteiger partial charge >= 0.3 is 130 Å². The van der Waals surface area contributed by atoms with Gasteiger partial charge in [-0.2, -0.15) is 0 Å². The molecule has 0 aliphatic heterocycles. The van der Waals surface area contributed by atoms with E-state index < -0.39 is 26.5 Å². The van der Waals surface area contributed by atoms with Crippen LogP contribution in [0.1, 0.15) is 32.6 Å². The minimum absolute atomic E-state index is 0.317.